The van der Waals surface area contributed by atoms with E-state index in [0.29, 0.717) is 0 Å². The van der Waals surface area contributed by atoms with Crippen molar-refractivity contribution in [2.75, 3.05) is 4.90 Å². The van der Waals surface area contributed by atoms with Gasteiger partial charge in [0, 0.05) is 33.2 Å². The van der Waals surface area contributed by atoms with E-state index in [2.05, 4.69) is 163 Å². The molecule has 0 spiro atoms. The van der Waals surface area contributed by atoms with Crippen LogP contribution < -0.4 is 4.90 Å². The van der Waals surface area contributed by atoms with Crippen LogP contribution in [-0.2, 0) is 0 Å². The fourth-order valence-electron chi connectivity index (χ4n) is 6.96. The molecule has 0 aliphatic rings. The maximum Gasteiger partial charge on any atom is 0.136 e. The highest BCUT2D eigenvalue weighted by molar-refractivity contribution is 6.36. The number of rotatable bonds is 4. The number of fused-ring (bicyclic) bond motifs is 10. The van der Waals surface area contributed by atoms with Crippen LogP contribution in [0.15, 0.2) is 168 Å². The Morgan fingerprint density at radius 3 is 1.61 bits per heavy atom. The van der Waals surface area contributed by atoms with Gasteiger partial charge < -0.3 is 9.32 Å². The Kier molecular flexibility index (Phi) is 5.54. The number of para-hydroxylation sites is 3. The molecule has 0 unspecified atom stereocenters. The van der Waals surface area contributed by atoms with Crippen molar-refractivity contribution in [3.05, 3.63) is 164 Å². The molecule has 0 bridgehead atoms. The van der Waals surface area contributed by atoms with E-state index in [9.17, 15) is 0 Å². The van der Waals surface area contributed by atoms with Gasteiger partial charge >= 0.3 is 0 Å². The number of furan rings is 1. The van der Waals surface area contributed by atoms with E-state index in [0.717, 1.165) is 33.6 Å². The zero-order chi connectivity index (χ0) is 29.0. The minimum absolute atomic E-state index is 0.922. The summed E-state index contributed by atoms with van der Waals surface area (Å²) in [5.74, 6) is 0. The SMILES string of the molecule is c1ccc(N(c2ccccc2)c2cccc(-c3cccc4c5ccc6oc7ccccc7c6c5c5ccccc5c34)c2)cc1. The van der Waals surface area contributed by atoms with E-state index in [1.165, 1.54) is 48.8 Å². The fraction of sp³-hybridized carbons (Fsp3) is 0. The highest BCUT2D eigenvalue weighted by atomic mass is 16.3. The molecule has 1 aromatic heterocycles. The Morgan fingerprint density at radius 1 is 0.341 bits per heavy atom. The predicted molar refractivity (Wildman–Crippen MR) is 186 cm³/mol. The molecule has 8 aromatic carbocycles. The Morgan fingerprint density at radius 2 is 0.886 bits per heavy atom. The van der Waals surface area contributed by atoms with Gasteiger partial charge in [-0.3, -0.25) is 0 Å². The molecule has 44 heavy (non-hydrogen) atoms. The second kappa shape index (κ2) is 9.86. The topological polar surface area (TPSA) is 16.4 Å². The summed E-state index contributed by atoms with van der Waals surface area (Å²) in [5.41, 5.74) is 7.63. The highest BCUT2D eigenvalue weighted by Crippen LogP contribution is 2.45. The van der Waals surface area contributed by atoms with Crippen molar-refractivity contribution in [2.45, 2.75) is 0 Å². The number of benzene rings is 8. The highest BCUT2D eigenvalue weighted by Gasteiger charge is 2.19. The maximum atomic E-state index is 6.32. The Bertz CT molecular complexity index is 2420. The molecule has 0 fully saturated rings. The third-order valence-corrected chi connectivity index (χ3v) is 8.81. The van der Waals surface area contributed by atoms with Crippen LogP contribution in [0.3, 0.4) is 0 Å². The van der Waals surface area contributed by atoms with E-state index in [1.54, 1.807) is 0 Å². The van der Waals surface area contributed by atoms with Gasteiger partial charge in [0.25, 0.3) is 0 Å². The number of hydrogen-bond donors (Lipinski definition) is 0. The van der Waals surface area contributed by atoms with Crippen LogP contribution in [0.1, 0.15) is 0 Å². The normalized spacial score (nSPS) is 11.6. The van der Waals surface area contributed by atoms with Crippen molar-refractivity contribution in [2.24, 2.45) is 0 Å². The van der Waals surface area contributed by atoms with Crippen molar-refractivity contribution in [3.8, 4) is 11.1 Å². The lowest BCUT2D eigenvalue weighted by Crippen LogP contribution is -2.09. The summed E-state index contributed by atoms with van der Waals surface area (Å²) in [6, 6.07) is 58.4. The van der Waals surface area contributed by atoms with Crippen LogP contribution in [-0.4, -0.2) is 0 Å². The molecule has 2 heteroatoms. The zero-order valence-corrected chi connectivity index (χ0v) is 23.9. The van der Waals surface area contributed by atoms with E-state index in [1.807, 2.05) is 6.07 Å². The molecule has 0 saturated carbocycles. The largest absolute Gasteiger partial charge is 0.456 e. The predicted octanol–water partition coefficient (Wildman–Crippen LogP) is 12.2. The van der Waals surface area contributed by atoms with Crippen LogP contribution in [0, 0.1) is 0 Å². The van der Waals surface area contributed by atoms with Crippen LogP contribution in [0.25, 0.3) is 65.4 Å². The molecule has 9 aromatic rings. The molecule has 0 aliphatic heterocycles. The first-order chi connectivity index (χ1) is 21.8. The van der Waals surface area contributed by atoms with Gasteiger partial charge in [-0.25, -0.2) is 0 Å². The molecule has 206 valence electrons. The third kappa shape index (κ3) is 3.75. The molecular weight excluding hydrogens is 534 g/mol. The van der Waals surface area contributed by atoms with Crippen LogP contribution >= 0.6 is 0 Å². The summed E-state index contributed by atoms with van der Waals surface area (Å²) < 4.78 is 6.32. The first-order valence-electron chi connectivity index (χ1n) is 15.0. The molecule has 0 aliphatic carbocycles. The van der Waals surface area contributed by atoms with E-state index < -0.39 is 0 Å². The fourth-order valence-corrected chi connectivity index (χ4v) is 6.96. The van der Waals surface area contributed by atoms with Crippen molar-refractivity contribution in [1.29, 1.82) is 0 Å². The van der Waals surface area contributed by atoms with Gasteiger partial charge in [-0.15, -0.1) is 0 Å². The summed E-state index contributed by atoms with van der Waals surface area (Å²) in [4.78, 5) is 2.32. The lowest BCUT2D eigenvalue weighted by atomic mass is 9.88. The summed E-state index contributed by atoms with van der Waals surface area (Å²) in [7, 11) is 0. The lowest BCUT2D eigenvalue weighted by molar-refractivity contribution is 0.669. The van der Waals surface area contributed by atoms with Crippen molar-refractivity contribution < 1.29 is 4.42 Å². The first kappa shape index (κ1) is 24.7. The van der Waals surface area contributed by atoms with Crippen molar-refractivity contribution >= 4 is 71.3 Å². The summed E-state index contributed by atoms with van der Waals surface area (Å²) in [5, 5.41) is 9.84. The summed E-state index contributed by atoms with van der Waals surface area (Å²) >= 11 is 0. The van der Waals surface area contributed by atoms with E-state index in [-0.39, 0.29) is 0 Å². The molecular formula is C42H27NO. The molecule has 0 atom stereocenters. The number of anilines is 3. The second-order valence-electron chi connectivity index (χ2n) is 11.3. The Hall–Kier alpha value is -5.86. The van der Waals surface area contributed by atoms with Crippen LogP contribution in [0.5, 0.6) is 0 Å². The number of nitrogens with zero attached hydrogens (tertiary/aromatic N) is 1. The van der Waals surface area contributed by atoms with E-state index >= 15 is 0 Å². The van der Waals surface area contributed by atoms with Crippen molar-refractivity contribution in [1.82, 2.24) is 0 Å². The third-order valence-electron chi connectivity index (χ3n) is 8.81. The van der Waals surface area contributed by atoms with Gasteiger partial charge in [0.05, 0.1) is 0 Å². The molecule has 1 heterocycles. The number of hydrogen-bond acceptors (Lipinski definition) is 2. The van der Waals surface area contributed by atoms with Crippen LogP contribution in [0.4, 0.5) is 17.1 Å². The molecule has 9 rings (SSSR count). The molecule has 0 amide bonds. The smallest absolute Gasteiger partial charge is 0.136 e. The van der Waals surface area contributed by atoms with Gasteiger partial charge in [0.15, 0.2) is 0 Å². The van der Waals surface area contributed by atoms with Gasteiger partial charge in [-0.2, -0.15) is 0 Å². The monoisotopic (exact) mass is 561 g/mol. The van der Waals surface area contributed by atoms with Gasteiger partial charge in [-0.1, -0.05) is 109 Å². The van der Waals surface area contributed by atoms with Crippen molar-refractivity contribution in [3.63, 3.8) is 0 Å². The average molecular weight is 562 g/mol. The average Bonchev–Trinajstić information content (AvgIpc) is 3.48. The van der Waals surface area contributed by atoms with Crippen LogP contribution in [0.2, 0.25) is 0 Å². The molecule has 0 saturated heterocycles. The lowest BCUT2D eigenvalue weighted by Gasteiger charge is -2.26. The quantitative estimate of drug-likeness (QED) is 0.199. The van der Waals surface area contributed by atoms with Gasteiger partial charge in [0.2, 0.25) is 0 Å². The Labute approximate surface area is 255 Å². The standard InChI is InChI=1S/C42H27NO/c1-3-14-29(15-4-1)43(30-16-5-2-6-17-30)31-18-11-13-28(27-31)32-22-12-23-34-36-25-26-39-42(37-21-9-10-24-38(37)44-39)41(36)35-20-8-7-19-33(35)40(32)34/h1-27H. The minimum atomic E-state index is 0.922. The Balaban J connectivity index is 1.34. The summed E-state index contributed by atoms with van der Waals surface area (Å²) in [6.45, 7) is 0. The zero-order valence-electron chi connectivity index (χ0n) is 23.9. The molecule has 2 nitrogen and oxygen atoms in total. The second-order valence-corrected chi connectivity index (χ2v) is 11.3. The summed E-state index contributed by atoms with van der Waals surface area (Å²) in [6.07, 6.45) is 0. The molecule has 0 N–H and O–H groups in total. The van der Waals surface area contributed by atoms with Gasteiger partial charge in [-0.05, 0) is 92.7 Å². The minimum Gasteiger partial charge on any atom is -0.456 e. The van der Waals surface area contributed by atoms with E-state index in [4.69, 9.17) is 4.42 Å². The van der Waals surface area contributed by atoms with Gasteiger partial charge in [0.1, 0.15) is 11.2 Å². The first-order valence-corrected chi connectivity index (χ1v) is 15.0. The molecule has 0 radical (unpaired) electrons. The maximum absolute atomic E-state index is 6.32.